The van der Waals surface area contributed by atoms with Gasteiger partial charge in [0, 0.05) is 10.7 Å². The molecule has 2 aromatic rings. The molecule has 0 aromatic heterocycles. The second-order valence-electron chi connectivity index (χ2n) is 4.73. The molecule has 110 valence electrons. The molecule has 1 unspecified atom stereocenters. The molecule has 3 nitrogen and oxygen atoms in total. The number of halogens is 2. The number of nitrogens with zero attached hydrogens (tertiary/aromatic N) is 1. The van der Waals surface area contributed by atoms with E-state index >= 15 is 0 Å². The molecule has 1 N–H and O–H groups in total. The summed E-state index contributed by atoms with van der Waals surface area (Å²) in [7, 11) is 0. The molecule has 2 aromatic carbocycles. The van der Waals surface area contributed by atoms with Gasteiger partial charge in [0.25, 0.3) is 0 Å². The van der Waals surface area contributed by atoms with E-state index in [4.69, 9.17) is 16.7 Å². The van der Waals surface area contributed by atoms with Gasteiger partial charge in [-0.25, -0.2) is 4.39 Å². The van der Waals surface area contributed by atoms with Crippen LogP contribution in [0.4, 0.5) is 10.1 Å². The maximum absolute atomic E-state index is 13.4. The standard InChI is InChI=1S/C16H15ClFNO2/c1-11(12-4-2-6-14(18)8-12)19(10-16(20)21)15-7-3-5-13(17)9-15/h2-9,11H,10H2,1H3,(H,20,21). The number of hydrogen-bond acceptors (Lipinski definition) is 2. The average Bonchev–Trinajstić information content (AvgIpc) is 2.44. The van der Waals surface area contributed by atoms with Crippen LogP contribution >= 0.6 is 11.6 Å². The third kappa shape index (κ3) is 3.95. The Bertz CT molecular complexity index is 648. The Labute approximate surface area is 127 Å². The molecule has 0 amide bonds. The summed E-state index contributed by atoms with van der Waals surface area (Å²) in [5.74, 6) is -1.31. The summed E-state index contributed by atoms with van der Waals surface area (Å²) >= 11 is 5.97. The molecule has 0 radical (unpaired) electrons. The highest BCUT2D eigenvalue weighted by Gasteiger charge is 2.19. The first-order valence-electron chi connectivity index (χ1n) is 6.47. The van der Waals surface area contributed by atoms with Crippen LogP contribution < -0.4 is 4.90 Å². The van der Waals surface area contributed by atoms with Crippen LogP contribution in [0.2, 0.25) is 5.02 Å². The quantitative estimate of drug-likeness (QED) is 0.903. The number of rotatable bonds is 5. The topological polar surface area (TPSA) is 40.5 Å². The van der Waals surface area contributed by atoms with Crippen LogP contribution in [0.5, 0.6) is 0 Å². The van der Waals surface area contributed by atoms with E-state index in [0.29, 0.717) is 16.3 Å². The minimum absolute atomic E-state index is 0.196. The summed E-state index contributed by atoms with van der Waals surface area (Å²) in [6, 6.07) is 12.8. The van der Waals surface area contributed by atoms with Crippen molar-refractivity contribution in [1.82, 2.24) is 0 Å². The largest absolute Gasteiger partial charge is 0.480 e. The Balaban J connectivity index is 2.38. The highest BCUT2D eigenvalue weighted by molar-refractivity contribution is 6.30. The highest BCUT2D eigenvalue weighted by atomic mass is 35.5. The fourth-order valence-corrected chi connectivity index (χ4v) is 2.38. The van der Waals surface area contributed by atoms with E-state index < -0.39 is 5.97 Å². The molecule has 21 heavy (non-hydrogen) atoms. The van der Waals surface area contributed by atoms with E-state index in [1.165, 1.54) is 12.1 Å². The zero-order valence-corrected chi connectivity index (χ0v) is 12.2. The normalized spacial score (nSPS) is 12.0. The first-order chi connectivity index (χ1) is 9.97. The number of carbonyl (C=O) groups is 1. The number of hydrogen-bond donors (Lipinski definition) is 1. The van der Waals surface area contributed by atoms with Crippen molar-refractivity contribution in [2.24, 2.45) is 0 Å². The van der Waals surface area contributed by atoms with E-state index in [1.807, 2.05) is 6.92 Å². The van der Waals surface area contributed by atoms with Gasteiger partial charge in [-0.1, -0.05) is 29.8 Å². The summed E-state index contributed by atoms with van der Waals surface area (Å²) in [4.78, 5) is 12.8. The number of carboxylic acids is 1. The van der Waals surface area contributed by atoms with Crippen LogP contribution in [0.3, 0.4) is 0 Å². The fourth-order valence-electron chi connectivity index (χ4n) is 2.20. The Morgan fingerprint density at radius 3 is 2.62 bits per heavy atom. The number of benzene rings is 2. The maximum atomic E-state index is 13.4. The van der Waals surface area contributed by atoms with Gasteiger partial charge in [0.05, 0.1) is 6.04 Å². The molecular formula is C16H15ClFNO2. The third-order valence-corrected chi connectivity index (χ3v) is 3.48. The molecule has 0 aliphatic carbocycles. The van der Waals surface area contributed by atoms with Crippen molar-refractivity contribution in [2.45, 2.75) is 13.0 Å². The summed E-state index contributed by atoms with van der Waals surface area (Å²) in [6.45, 7) is 1.64. The lowest BCUT2D eigenvalue weighted by Gasteiger charge is -2.30. The van der Waals surface area contributed by atoms with Crippen LogP contribution in [0, 0.1) is 5.82 Å². The van der Waals surface area contributed by atoms with Crippen molar-refractivity contribution in [2.75, 3.05) is 11.4 Å². The summed E-state index contributed by atoms with van der Waals surface area (Å²) in [5.41, 5.74) is 1.39. The van der Waals surface area contributed by atoms with Crippen molar-refractivity contribution < 1.29 is 14.3 Å². The number of anilines is 1. The summed E-state index contributed by atoms with van der Waals surface area (Å²) in [6.07, 6.45) is 0. The molecular weight excluding hydrogens is 293 g/mol. The van der Waals surface area contributed by atoms with Crippen molar-refractivity contribution >= 4 is 23.3 Å². The van der Waals surface area contributed by atoms with E-state index in [9.17, 15) is 9.18 Å². The molecule has 1 atom stereocenters. The van der Waals surface area contributed by atoms with E-state index in [0.717, 1.165) is 0 Å². The van der Waals surface area contributed by atoms with E-state index in [-0.39, 0.29) is 18.4 Å². The fraction of sp³-hybridized carbons (Fsp3) is 0.188. The lowest BCUT2D eigenvalue weighted by molar-refractivity contribution is -0.135. The zero-order chi connectivity index (χ0) is 15.4. The van der Waals surface area contributed by atoms with E-state index in [2.05, 4.69) is 0 Å². The van der Waals surface area contributed by atoms with Gasteiger partial charge in [0.1, 0.15) is 12.4 Å². The van der Waals surface area contributed by atoms with Gasteiger partial charge in [-0.05, 0) is 42.8 Å². The average molecular weight is 308 g/mol. The third-order valence-electron chi connectivity index (χ3n) is 3.24. The second-order valence-corrected chi connectivity index (χ2v) is 5.17. The molecule has 0 fully saturated rings. The molecule has 0 heterocycles. The molecule has 5 heteroatoms. The van der Waals surface area contributed by atoms with Crippen molar-refractivity contribution in [1.29, 1.82) is 0 Å². The predicted molar refractivity (Wildman–Crippen MR) is 81.2 cm³/mol. The molecule has 2 rings (SSSR count). The predicted octanol–water partition coefficient (Wildman–Crippen LogP) is 4.13. The van der Waals surface area contributed by atoms with Crippen molar-refractivity contribution in [3.05, 3.63) is 64.9 Å². The van der Waals surface area contributed by atoms with Gasteiger partial charge >= 0.3 is 5.97 Å². The summed E-state index contributed by atoms with van der Waals surface area (Å²) < 4.78 is 13.4. The second kappa shape index (κ2) is 6.59. The highest BCUT2D eigenvalue weighted by Crippen LogP contribution is 2.28. The zero-order valence-electron chi connectivity index (χ0n) is 11.5. The van der Waals surface area contributed by atoms with Crippen molar-refractivity contribution in [3.8, 4) is 0 Å². The minimum Gasteiger partial charge on any atom is -0.480 e. The van der Waals surface area contributed by atoms with Crippen LogP contribution in [0.25, 0.3) is 0 Å². The van der Waals surface area contributed by atoms with E-state index in [1.54, 1.807) is 41.3 Å². The molecule has 0 aliphatic rings. The number of aliphatic carboxylic acids is 1. The van der Waals surface area contributed by atoms with Gasteiger partial charge in [0.15, 0.2) is 0 Å². The lowest BCUT2D eigenvalue weighted by Crippen LogP contribution is -2.32. The van der Waals surface area contributed by atoms with Gasteiger partial charge in [-0.15, -0.1) is 0 Å². The van der Waals surface area contributed by atoms with Crippen LogP contribution in [0.15, 0.2) is 48.5 Å². The minimum atomic E-state index is -0.960. The van der Waals surface area contributed by atoms with Gasteiger partial charge in [0.2, 0.25) is 0 Å². The van der Waals surface area contributed by atoms with Crippen LogP contribution in [-0.2, 0) is 4.79 Å². The smallest absolute Gasteiger partial charge is 0.323 e. The Morgan fingerprint density at radius 2 is 2.00 bits per heavy atom. The van der Waals surface area contributed by atoms with Crippen LogP contribution in [0.1, 0.15) is 18.5 Å². The Hall–Kier alpha value is -2.07. The van der Waals surface area contributed by atoms with Gasteiger partial charge in [-0.3, -0.25) is 4.79 Å². The molecule has 0 saturated heterocycles. The van der Waals surface area contributed by atoms with Gasteiger partial charge < -0.3 is 10.0 Å². The SMILES string of the molecule is CC(c1cccc(F)c1)N(CC(=O)O)c1cccc(Cl)c1. The molecule has 0 spiro atoms. The number of carboxylic acid groups (broad SMARTS) is 1. The van der Waals surface area contributed by atoms with Crippen LogP contribution in [-0.4, -0.2) is 17.6 Å². The summed E-state index contributed by atoms with van der Waals surface area (Å²) in [5, 5.41) is 9.64. The monoisotopic (exact) mass is 307 g/mol. The first-order valence-corrected chi connectivity index (χ1v) is 6.84. The lowest BCUT2D eigenvalue weighted by atomic mass is 10.1. The van der Waals surface area contributed by atoms with Crippen molar-refractivity contribution in [3.63, 3.8) is 0 Å². The molecule has 0 aliphatic heterocycles. The Kier molecular flexibility index (Phi) is 4.81. The Morgan fingerprint density at radius 1 is 1.29 bits per heavy atom. The van der Waals surface area contributed by atoms with Gasteiger partial charge in [-0.2, -0.15) is 0 Å². The maximum Gasteiger partial charge on any atom is 0.323 e. The molecule has 0 bridgehead atoms. The molecule has 0 saturated carbocycles. The first kappa shape index (κ1) is 15.3.